The molecule has 1 aliphatic heterocycles. The van der Waals surface area contributed by atoms with E-state index in [-0.39, 0.29) is 25.0 Å². The number of thiazole rings is 1. The number of benzene rings is 2. The van der Waals surface area contributed by atoms with E-state index in [0.717, 1.165) is 19.4 Å². The van der Waals surface area contributed by atoms with Gasteiger partial charge in [-0.15, -0.1) is 11.3 Å². The van der Waals surface area contributed by atoms with Crippen molar-refractivity contribution in [2.75, 3.05) is 44.0 Å². The lowest BCUT2D eigenvalue weighted by Crippen LogP contribution is -2.34. The van der Waals surface area contributed by atoms with E-state index >= 15 is 0 Å². The van der Waals surface area contributed by atoms with Crippen molar-refractivity contribution >= 4 is 52.6 Å². The van der Waals surface area contributed by atoms with Gasteiger partial charge in [0.1, 0.15) is 18.0 Å². The number of methoxy groups -OCH3 is 1. The molecular weight excluding hydrogens is 614 g/mol. The molecule has 2 aromatic carbocycles. The monoisotopic (exact) mass is 646 g/mol. The molecule has 0 aliphatic carbocycles. The van der Waals surface area contributed by atoms with Crippen LogP contribution in [0.2, 0.25) is 0 Å². The maximum atomic E-state index is 13.4. The molecule has 5 rings (SSSR count). The summed E-state index contributed by atoms with van der Waals surface area (Å²) in [5.41, 5.74) is 1.01. The first-order valence-corrected chi connectivity index (χ1v) is 16.2. The van der Waals surface area contributed by atoms with Crippen LogP contribution in [0.15, 0.2) is 48.9 Å². The summed E-state index contributed by atoms with van der Waals surface area (Å²) in [7, 11) is -2.95. The van der Waals surface area contributed by atoms with Gasteiger partial charge in [0.05, 0.1) is 32.3 Å². The summed E-state index contributed by atoms with van der Waals surface area (Å²) in [6.07, 6.45) is 5.56. The lowest BCUT2D eigenvalue weighted by atomic mass is 10.2. The third-order valence-electron chi connectivity index (χ3n) is 6.92. The Bertz CT molecular complexity index is 1650. The minimum Gasteiger partial charge on any atom is -0.493 e. The molecule has 16 heteroatoms. The minimum atomic E-state index is -4.49. The van der Waals surface area contributed by atoms with Gasteiger partial charge in [0, 0.05) is 40.8 Å². The van der Waals surface area contributed by atoms with E-state index in [2.05, 4.69) is 30.5 Å². The highest BCUT2D eigenvalue weighted by atomic mass is 32.1. The SMILES string of the molecule is COc1cc2c(Nc3ncc(CC(=O)Nc4cccc(F)c4)s3)ncnc2cc1OCCCN1CCCC1COP(=O)(O)O. The van der Waals surface area contributed by atoms with Crippen molar-refractivity contribution in [3.63, 3.8) is 0 Å². The lowest BCUT2D eigenvalue weighted by Gasteiger charge is -2.24. The Kier molecular flexibility index (Phi) is 10.4. The molecule has 0 saturated carbocycles. The summed E-state index contributed by atoms with van der Waals surface area (Å²) in [5, 5.41) is 7.08. The number of phosphoric ester groups is 1. The van der Waals surface area contributed by atoms with Gasteiger partial charge in [-0.25, -0.2) is 23.9 Å². The van der Waals surface area contributed by atoms with Gasteiger partial charge in [0.15, 0.2) is 16.6 Å². The predicted octanol–water partition coefficient (Wildman–Crippen LogP) is 4.50. The molecule has 1 atom stereocenters. The number of carbonyl (C=O) groups excluding carboxylic acids is 1. The molecule has 0 spiro atoms. The van der Waals surface area contributed by atoms with Gasteiger partial charge in [0.25, 0.3) is 0 Å². The molecule has 2 aromatic heterocycles. The summed E-state index contributed by atoms with van der Waals surface area (Å²) in [5.74, 6) is 0.806. The van der Waals surface area contributed by atoms with Crippen LogP contribution in [0.3, 0.4) is 0 Å². The second-order valence-electron chi connectivity index (χ2n) is 10.1. The number of halogens is 1. The molecule has 1 fully saturated rings. The molecule has 3 heterocycles. The molecule has 0 radical (unpaired) electrons. The highest BCUT2D eigenvalue weighted by molar-refractivity contribution is 7.46. The molecule has 4 N–H and O–H groups in total. The number of anilines is 3. The number of ether oxygens (including phenoxy) is 2. The molecule has 13 nitrogen and oxygen atoms in total. The molecule has 1 saturated heterocycles. The summed E-state index contributed by atoms with van der Waals surface area (Å²) in [4.78, 5) is 46.4. The number of hydrogen-bond donors (Lipinski definition) is 4. The van der Waals surface area contributed by atoms with E-state index in [1.165, 1.54) is 35.9 Å². The van der Waals surface area contributed by atoms with Gasteiger partial charge in [0.2, 0.25) is 5.91 Å². The number of carbonyl (C=O) groups is 1. The number of hydrogen-bond acceptors (Lipinski definition) is 11. The maximum Gasteiger partial charge on any atom is 0.469 e. The summed E-state index contributed by atoms with van der Waals surface area (Å²) < 4.78 is 40.8. The smallest absolute Gasteiger partial charge is 0.469 e. The highest BCUT2D eigenvalue weighted by Crippen LogP contribution is 2.37. The number of likely N-dealkylation sites (tertiary alicyclic amines) is 1. The van der Waals surface area contributed by atoms with Crippen LogP contribution < -0.4 is 20.1 Å². The van der Waals surface area contributed by atoms with Crippen LogP contribution in [0.1, 0.15) is 24.1 Å². The predicted molar refractivity (Wildman–Crippen MR) is 163 cm³/mol. The summed E-state index contributed by atoms with van der Waals surface area (Å²) >= 11 is 1.30. The molecule has 1 aliphatic rings. The van der Waals surface area contributed by atoms with E-state index in [1.807, 2.05) is 0 Å². The normalized spacial score (nSPS) is 15.4. The number of fused-ring (bicyclic) bond motifs is 1. The molecule has 4 aromatic rings. The third-order valence-corrected chi connectivity index (χ3v) is 8.32. The van der Waals surface area contributed by atoms with Crippen LogP contribution >= 0.6 is 19.2 Å². The quantitative estimate of drug-likeness (QED) is 0.112. The van der Waals surface area contributed by atoms with Crippen LogP contribution in [0.5, 0.6) is 11.5 Å². The Morgan fingerprint density at radius 2 is 2.07 bits per heavy atom. The van der Waals surface area contributed by atoms with Gasteiger partial charge in [-0.2, -0.15) is 0 Å². The first-order valence-electron chi connectivity index (χ1n) is 13.8. The third kappa shape index (κ3) is 8.68. The molecule has 0 bridgehead atoms. The van der Waals surface area contributed by atoms with Crippen LogP contribution in [-0.2, 0) is 20.3 Å². The topological polar surface area (TPSA) is 168 Å². The average molecular weight is 647 g/mol. The van der Waals surface area contributed by atoms with Crippen LogP contribution in [0.4, 0.5) is 21.0 Å². The Labute approximate surface area is 256 Å². The zero-order valence-corrected chi connectivity index (χ0v) is 25.5. The van der Waals surface area contributed by atoms with Crippen molar-refractivity contribution in [2.24, 2.45) is 0 Å². The standard InChI is InChI=1S/C28H32FN6O7PS/c1-40-24-13-22-23(14-25(24)41-10-4-9-35-8-3-7-20(35)16-42-43(37,38)39)31-17-32-27(22)34-28-30-15-21(44-28)12-26(36)33-19-6-2-5-18(29)11-19/h2,5-6,11,13-15,17,20H,3-4,7-10,12,16H2,1H3,(H,33,36)(H2,37,38,39)(H,30,31,32,34). The van der Waals surface area contributed by atoms with Crippen molar-refractivity contribution in [3.05, 3.63) is 59.6 Å². The highest BCUT2D eigenvalue weighted by Gasteiger charge is 2.27. The van der Waals surface area contributed by atoms with E-state index in [0.29, 0.717) is 63.5 Å². The fourth-order valence-corrected chi connectivity index (χ4v) is 6.10. The van der Waals surface area contributed by atoms with Crippen molar-refractivity contribution in [2.45, 2.75) is 31.7 Å². The molecule has 1 unspecified atom stereocenters. The van der Waals surface area contributed by atoms with E-state index in [4.69, 9.17) is 23.8 Å². The van der Waals surface area contributed by atoms with Crippen molar-refractivity contribution in [3.8, 4) is 11.5 Å². The van der Waals surface area contributed by atoms with Crippen LogP contribution in [0.25, 0.3) is 10.9 Å². The van der Waals surface area contributed by atoms with E-state index in [1.54, 1.807) is 31.5 Å². The van der Waals surface area contributed by atoms with Crippen molar-refractivity contribution < 1.29 is 37.5 Å². The zero-order valence-electron chi connectivity index (χ0n) is 23.8. The summed E-state index contributed by atoms with van der Waals surface area (Å²) in [6.45, 7) is 1.93. The maximum absolute atomic E-state index is 13.4. The Balaban J connectivity index is 1.18. The van der Waals surface area contributed by atoms with E-state index in [9.17, 15) is 13.8 Å². The second-order valence-corrected chi connectivity index (χ2v) is 12.4. The lowest BCUT2D eigenvalue weighted by molar-refractivity contribution is -0.115. The Hall–Kier alpha value is -3.72. The van der Waals surface area contributed by atoms with Gasteiger partial charge in [-0.05, 0) is 50.1 Å². The largest absolute Gasteiger partial charge is 0.493 e. The minimum absolute atomic E-state index is 0.00604. The van der Waals surface area contributed by atoms with Crippen LogP contribution in [0, 0.1) is 5.82 Å². The van der Waals surface area contributed by atoms with Gasteiger partial charge < -0.3 is 29.9 Å². The number of nitrogens with one attached hydrogen (secondary N) is 2. The first-order chi connectivity index (χ1) is 21.2. The Morgan fingerprint density at radius 3 is 2.86 bits per heavy atom. The molecular formula is C28H32FN6O7PS. The molecule has 1 amide bonds. The van der Waals surface area contributed by atoms with Gasteiger partial charge >= 0.3 is 7.82 Å². The number of phosphoric acid groups is 1. The first kappa shape index (κ1) is 31.7. The van der Waals surface area contributed by atoms with Gasteiger partial charge in [-0.3, -0.25) is 14.2 Å². The average Bonchev–Trinajstić information content (AvgIpc) is 3.62. The summed E-state index contributed by atoms with van der Waals surface area (Å²) in [6, 6.07) is 9.23. The number of nitrogens with zero attached hydrogens (tertiary/aromatic N) is 4. The van der Waals surface area contributed by atoms with Gasteiger partial charge in [-0.1, -0.05) is 6.07 Å². The van der Waals surface area contributed by atoms with Crippen molar-refractivity contribution in [1.29, 1.82) is 0 Å². The van der Waals surface area contributed by atoms with E-state index < -0.39 is 13.6 Å². The fraction of sp³-hybridized carbons (Fsp3) is 0.357. The Morgan fingerprint density at radius 1 is 1.20 bits per heavy atom. The van der Waals surface area contributed by atoms with Crippen molar-refractivity contribution in [1.82, 2.24) is 19.9 Å². The zero-order chi connectivity index (χ0) is 31.1. The van der Waals surface area contributed by atoms with Crippen LogP contribution in [-0.4, -0.2) is 75.0 Å². The second kappa shape index (κ2) is 14.4. The number of amides is 1. The molecule has 44 heavy (non-hydrogen) atoms. The number of aromatic nitrogens is 3. The molecule has 234 valence electrons. The number of rotatable bonds is 14. The fourth-order valence-electron chi connectivity index (χ4n) is 4.93.